The maximum absolute atomic E-state index is 12.3. The van der Waals surface area contributed by atoms with Crippen LogP contribution in [-0.4, -0.2) is 17.6 Å². The van der Waals surface area contributed by atoms with E-state index in [4.69, 9.17) is 0 Å². The average molecular weight is 226 g/mol. The molecule has 1 aliphatic carbocycles. The van der Waals surface area contributed by atoms with Gasteiger partial charge in [-0.2, -0.15) is 0 Å². The molecule has 0 bridgehead atoms. The Kier molecular flexibility index (Phi) is 3.54. The van der Waals surface area contributed by atoms with Crippen LogP contribution in [0.5, 0.6) is 0 Å². The highest BCUT2D eigenvalue weighted by atomic mass is 19.3. The van der Waals surface area contributed by atoms with Gasteiger partial charge in [0.05, 0.1) is 0 Å². The summed E-state index contributed by atoms with van der Waals surface area (Å²) < 4.78 is 24.6. The van der Waals surface area contributed by atoms with Crippen molar-refractivity contribution < 1.29 is 13.9 Å². The molecule has 88 valence electrons. The predicted molar refractivity (Wildman–Crippen MR) is 58.7 cm³/mol. The molecule has 1 nitrogen and oxygen atoms in total. The number of aryl methyl sites for hydroxylation is 1. The van der Waals surface area contributed by atoms with Crippen LogP contribution in [0.2, 0.25) is 0 Å². The van der Waals surface area contributed by atoms with Gasteiger partial charge in [-0.3, -0.25) is 0 Å². The first-order valence-corrected chi connectivity index (χ1v) is 5.72. The van der Waals surface area contributed by atoms with Crippen molar-refractivity contribution in [2.75, 3.05) is 0 Å². The molecule has 16 heavy (non-hydrogen) atoms. The van der Waals surface area contributed by atoms with Crippen molar-refractivity contribution in [2.45, 2.75) is 44.1 Å². The molecule has 2 rings (SSSR count). The van der Waals surface area contributed by atoms with Gasteiger partial charge < -0.3 is 5.11 Å². The topological polar surface area (TPSA) is 20.2 Å². The molecule has 1 aromatic rings. The number of aliphatic hydroxyl groups excluding tert-OH is 1. The summed E-state index contributed by atoms with van der Waals surface area (Å²) in [5, 5.41) is 9.25. The average Bonchev–Trinajstić information content (AvgIpc) is 2.29. The number of aliphatic hydroxyl groups is 1. The lowest BCUT2D eigenvalue weighted by atomic mass is 9.80. The lowest BCUT2D eigenvalue weighted by Gasteiger charge is -2.27. The van der Waals surface area contributed by atoms with E-state index in [2.05, 4.69) is 6.07 Å². The summed E-state index contributed by atoms with van der Waals surface area (Å²) in [4.78, 5) is 0. The zero-order valence-electron chi connectivity index (χ0n) is 9.07. The molecule has 1 N–H and O–H groups in total. The lowest BCUT2D eigenvalue weighted by Crippen LogP contribution is -2.22. The summed E-state index contributed by atoms with van der Waals surface area (Å²) >= 11 is 0. The molecule has 0 amide bonds. The minimum Gasteiger partial charge on any atom is -0.387 e. The maximum atomic E-state index is 12.3. The molecule has 1 aliphatic rings. The number of benzene rings is 1. The van der Waals surface area contributed by atoms with E-state index in [9.17, 15) is 13.9 Å². The van der Waals surface area contributed by atoms with Gasteiger partial charge in [0.1, 0.15) is 6.10 Å². The standard InChI is InChI=1S/C13H16F2O/c14-13(15)12(16)8-10-6-3-5-9-4-1-2-7-11(9)10/h1-2,4,7,10,12-13,16H,3,5-6,8H2. The third kappa shape index (κ3) is 2.40. The van der Waals surface area contributed by atoms with Gasteiger partial charge in [0.2, 0.25) is 0 Å². The third-order valence-electron chi connectivity index (χ3n) is 3.31. The van der Waals surface area contributed by atoms with Gasteiger partial charge >= 0.3 is 0 Å². The zero-order chi connectivity index (χ0) is 11.5. The Balaban J connectivity index is 2.13. The maximum Gasteiger partial charge on any atom is 0.264 e. The normalized spacial score (nSPS) is 21.9. The molecule has 0 aliphatic heterocycles. The number of rotatable bonds is 3. The first-order valence-electron chi connectivity index (χ1n) is 5.72. The van der Waals surface area contributed by atoms with Gasteiger partial charge in [0, 0.05) is 0 Å². The Morgan fingerprint density at radius 1 is 1.31 bits per heavy atom. The van der Waals surface area contributed by atoms with E-state index in [1.807, 2.05) is 18.2 Å². The summed E-state index contributed by atoms with van der Waals surface area (Å²) in [5.41, 5.74) is 2.40. The molecule has 0 saturated heterocycles. The Bertz CT molecular complexity index is 352. The van der Waals surface area contributed by atoms with E-state index in [0.717, 1.165) is 24.8 Å². The molecular weight excluding hydrogens is 210 g/mol. The molecule has 0 saturated carbocycles. The summed E-state index contributed by atoms with van der Waals surface area (Å²) in [7, 11) is 0. The van der Waals surface area contributed by atoms with Crippen LogP contribution < -0.4 is 0 Å². The van der Waals surface area contributed by atoms with E-state index in [-0.39, 0.29) is 12.3 Å². The predicted octanol–water partition coefficient (Wildman–Crippen LogP) is 3.12. The van der Waals surface area contributed by atoms with Crippen LogP contribution in [0.1, 0.15) is 36.3 Å². The van der Waals surface area contributed by atoms with Crippen LogP contribution in [-0.2, 0) is 6.42 Å². The highest BCUT2D eigenvalue weighted by molar-refractivity contribution is 5.32. The highest BCUT2D eigenvalue weighted by Gasteiger charge is 2.26. The Hall–Kier alpha value is -0.960. The fourth-order valence-electron chi connectivity index (χ4n) is 2.49. The van der Waals surface area contributed by atoms with Crippen LogP contribution in [0.3, 0.4) is 0 Å². The Labute approximate surface area is 94.1 Å². The first kappa shape index (κ1) is 11.5. The Morgan fingerprint density at radius 2 is 2.06 bits per heavy atom. The summed E-state index contributed by atoms with van der Waals surface area (Å²) in [6.45, 7) is 0. The van der Waals surface area contributed by atoms with E-state index >= 15 is 0 Å². The summed E-state index contributed by atoms with van der Waals surface area (Å²) in [6, 6.07) is 7.96. The van der Waals surface area contributed by atoms with Crippen molar-refractivity contribution in [3.63, 3.8) is 0 Å². The number of halogens is 2. The minimum absolute atomic E-state index is 0.0916. The molecule has 0 fully saturated rings. The van der Waals surface area contributed by atoms with Crippen molar-refractivity contribution in [3.05, 3.63) is 35.4 Å². The fourth-order valence-corrected chi connectivity index (χ4v) is 2.49. The summed E-state index contributed by atoms with van der Waals surface area (Å²) in [5.74, 6) is 0.0916. The summed E-state index contributed by atoms with van der Waals surface area (Å²) in [6.07, 6.45) is -0.991. The van der Waals surface area contributed by atoms with Crippen molar-refractivity contribution in [2.24, 2.45) is 0 Å². The van der Waals surface area contributed by atoms with Crippen molar-refractivity contribution in [3.8, 4) is 0 Å². The highest BCUT2D eigenvalue weighted by Crippen LogP contribution is 2.35. The van der Waals surface area contributed by atoms with Gasteiger partial charge in [0.25, 0.3) is 6.43 Å². The quantitative estimate of drug-likeness (QED) is 0.839. The largest absolute Gasteiger partial charge is 0.387 e. The van der Waals surface area contributed by atoms with Gasteiger partial charge in [-0.25, -0.2) is 8.78 Å². The second kappa shape index (κ2) is 4.91. The van der Waals surface area contributed by atoms with Gasteiger partial charge in [0.15, 0.2) is 0 Å². The third-order valence-corrected chi connectivity index (χ3v) is 3.31. The zero-order valence-corrected chi connectivity index (χ0v) is 9.07. The molecular formula is C13H16F2O. The van der Waals surface area contributed by atoms with Crippen molar-refractivity contribution in [1.29, 1.82) is 0 Å². The molecule has 1 aromatic carbocycles. The van der Waals surface area contributed by atoms with Crippen LogP contribution in [0.15, 0.2) is 24.3 Å². The molecule has 0 spiro atoms. The van der Waals surface area contributed by atoms with E-state index < -0.39 is 12.5 Å². The fraction of sp³-hybridized carbons (Fsp3) is 0.538. The second-order valence-corrected chi connectivity index (χ2v) is 4.43. The SMILES string of the molecule is OC(CC1CCCc2ccccc21)C(F)F. The molecule has 0 heterocycles. The van der Waals surface area contributed by atoms with Crippen molar-refractivity contribution in [1.82, 2.24) is 0 Å². The molecule has 2 unspecified atom stereocenters. The second-order valence-electron chi connectivity index (χ2n) is 4.43. The van der Waals surface area contributed by atoms with Gasteiger partial charge in [-0.15, -0.1) is 0 Å². The number of hydrogen-bond acceptors (Lipinski definition) is 1. The number of alkyl halides is 2. The lowest BCUT2D eigenvalue weighted by molar-refractivity contribution is -0.0134. The van der Waals surface area contributed by atoms with Gasteiger partial charge in [-0.1, -0.05) is 24.3 Å². The molecule has 3 heteroatoms. The molecule has 0 aromatic heterocycles. The van der Waals surface area contributed by atoms with E-state index in [1.165, 1.54) is 5.56 Å². The van der Waals surface area contributed by atoms with E-state index in [0.29, 0.717) is 0 Å². The smallest absolute Gasteiger partial charge is 0.264 e. The Morgan fingerprint density at radius 3 is 2.81 bits per heavy atom. The minimum atomic E-state index is -2.63. The first-order chi connectivity index (χ1) is 7.68. The van der Waals surface area contributed by atoms with Crippen LogP contribution in [0.4, 0.5) is 8.78 Å². The molecule has 2 atom stereocenters. The number of hydrogen-bond donors (Lipinski definition) is 1. The van der Waals surface area contributed by atoms with Crippen LogP contribution in [0, 0.1) is 0 Å². The van der Waals surface area contributed by atoms with E-state index in [1.54, 1.807) is 0 Å². The van der Waals surface area contributed by atoms with Gasteiger partial charge in [-0.05, 0) is 42.7 Å². The monoisotopic (exact) mass is 226 g/mol. The van der Waals surface area contributed by atoms with Crippen molar-refractivity contribution >= 4 is 0 Å². The van der Waals surface area contributed by atoms with Crippen LogP contribution >= 0.6 is 0 Å². The molecule has 0 radical (unpaired) electrons. The number of fused-ring (bicyclic) bond motifs is 1. The van der Waals surface area contributed by atoms with Crippen LogP contribution in [0.25, 0.3) is 0 Å².